The lowest BCUT2D eigenvalue weighted by Crippen LogP contribution is -2.33. The van der Waals surface area contributed by atoms with Gasteiger partial charge in [0.2, 0.25) is 0 Å². The second-order valence-corrected chi connectivity index (χ2v) is 6.85. The van der Waals surface area contributed by atoms with Crippen LogP contribution in [-0.2, 0) is 0 Å². The van der Waals surface area contributed by atoms with Crippen LogP contribution in [0, 0.1) is 13.8 Å². The van der Waals surface area contributed by atoms with Gasteiger partial charge in [-0.2, -0.15) is 0 Å². The summed E-state index contributed by atoms with van der Waals surface area (Å²) in [5.41, 5.74) is 6.33. The molecule has 1 N–H and O–H groups in total. The summed E-state index contributed by atoms with van der Waals surface area (Å²) in [6.07, 6.45) is 4.18. The van der Waals surface area contributed by atoms with Crippen molar-refractivity contribution in [3.63, 3.8) is 0 Å². The van der Waals surface area contributed by atoms with Gasteiger partial charge in [0.15, 0.2) is 0 Å². The zero-order chi connectivity index (χ0) is 18.7. The first-order valence-corrected chi connectivity index (χ1v) is 9.00. The normalized spacial score (nSPS) is 12.0. The fraction of sp³-hybridized carbons (Fsp3) is 0.273. The zero-order valence-electron chi connectivity index (χ0n) is 15.8. The molecule has 1 atom stereocenters. The topological polar surface area (TPSA) is 46.9 Å². The van der Waals surface area contributed by atoms with E-state index in [0.29, 0.717) is 5.69 Å². The van der Waals surface area contributed by atoms with Gasteiger partial charge in [0.1, 0.15) is 5.69 Å². The summed E-state index contributed by atoms with van der Waals surface area (Å²) in [7, 11) is 0. The van der Waals surface area contributed by atoms with Crippen LogP contribution in [0.3, 0.4) is 0 Å². The Bertz CT molecular complexity index is 889. The first kappa shape index (κ1) is 17.9. The van der Waals surface area contributed by atoms with Gasteiger partial charge >= 0.3 is 0 Å². The lowest BCUT2D eigenvalue weighted by atomic mass is 10.0. The smallest absolute Gasteiger partial charge is 0.270 e. The SMILES string of the molecule is CC[C@@H](C)NC(=O)c1cncn1-c1ccc(-c2cc(C)cc(C)c2)cc1. The van der Waals surface area contributed by atoms with E-state index >= 15 is 0 Å². The third-order valence-corrected chi connectivity index (χ3v) is 4.56. The third-order valence-electron chi connectivity index (χ3n) is 4.56. The number of carbonyl (C=O) groups excluding carboxylic acids is 1. The molecule has 0 aliphatic carbocycles. The van der Waals surface area contributed by atoms with Crippen LogP contribution in [0.1, 0.15) is 41.9 Å². The Labute approximate surface area is 154 Å². The molecule has 3 aromatic rings. The minimum Gasteiger partial charge on any atom is -0.348 e. The molecular weight excluding hydrogens is 322 g/mol. The van der Waals surface area contributed by atoms with E-state index in [9.17, 15) is 4.79 Å². The van der Waals surface area contributed by atoms with Crippen molar-refractivity contribution in [3.8, 4) is 16.8 Å². The molecule has 0 saturated carbocycles. The molecule has 1 aromatic heterocycles. The molecule has 0 radical (unpaired) electrons. The van der Waals surface area contributed by atoms with Gasteiger partial charge in [0, 0.05) is 11.7 Å². The van der Waals surface area contributed by atoms with Crippen molar-refractivity contribution >= 4 is 5.91 Å². The van der Waals surface area contributed by atoms with Crippen molar-refractivity contribution in [2.24, 2.45) is 0 Å². The van der Waals surface area contributed by atoms with E-state index in [0.717, 1.165) is 17.7 Å². The summed E-state index contributed by atoms with van der Waals surface area (Å²) < 4.78 is 1.82. The monoisotopic (exact) mass is 347 g/mol. The molecule has 1 heterocycles. The Hall–Kier alpha value is -2.88. The summed E-state index contributed by atoms with van der Waals surface area (Å²) >= 11 is 0. The van der Waals surface area contributed by atoms with E-state index in [1.54, 1.807) is 12.5 Å². The Morgan fingerprint density at radius 2 is 1.73 bits per heavy atom. The molecule has 4 heteroatoms. The molecule has 0 spiro atoms. The number of nitrogens with one attached hydrogen (secondary N) is 1. The highest BCUT2D eigenvalue weighted by Crippen LogP contribution is 2.24. The number of carbonyl (C=O) groups is 1. The van der Waals surface area contributed by atoms with E-state index < -0.39 is 0 Å². The molecule has 4 nitrogen and oxygen atoms in total. The second-order valence-electron chi connectivity index (χ2n) is 6.85. The molecular formula is C22H25N3O. The average Bonchev–Trinajstić information content (AvgIpc) is 3.10. The van der Waals surface area contributed by atoms with Crippen LogP contribution in [0.4, 0.5) is 0 Å². The van der Waals surface area contributed by atoms with Crippen LogP contribution in [-0.4, -0.2) is 21.5 Å². The molecule has 0 fully saturated rings. The van der Waals surface area contributed by atoms with Gasteiger partial charge in [-0.1, -0.05) is 48.4 Å². The highest BCUT2D eigenvalue weighted by atomic mass is 16.2. The molecule has 0 saturated heterocycles. The largest absolute Gasteiger partial charge is 0.348 e. The first-order valence-electron chi connectivity index (χ1n) is 9.00. The fourth-order valence-corrected chi connectivity index (χ4v) is 3.02. The van der Waals surface area contributed by atoms with Gasteiger partial charge in [0.05, 0.1) is 12.5 Å². The lowest BCUT2D eigenvalue weighted by Gasteiger charge is -2.13. The number of aromatic nitrogens is 2. The van der Waals surface area contributed by atoms with E-state index in [-0.39, 0.29) is 11.9 Å². The average molecular weight is 347 g/mol. The highest BCUT2D eigenvalue weighted by molar-refractivity contribution is 5.93. The predicted molar refractivity (Wildman–Crippen MR) is 106 cm³/mol. The standard InChI is InChI=1S/C22H25N3O/c1-5-17(4)24-22(26)21-13-23-14-25(21)20-8-6-18(7-9-20)19-11-15(2)10-16(3)12-19/h6-14,17H,5H2,1-4H3,(H,24,26)/t17-/m1/s1. The van der Waals surface area contributed by atoms with Crippen LogP contribution in [0.5, 0.6) is 0 Å². The number of rotatable bonds is 5. The molecule has 2 aromatic carbocycles. The lowest BCUT2D eigenvalue weighted by molar-refractivity contribution is 0.0932. The fourth-order valence-electron chi connectivity index (χ4n) is 3.02. The highest BCUT2D eigenvalue weighted by Gasteiger charge is 2.14. The molecule has 3 rings (SSSR count). The summed E-state index contributed by atoms with van der Waals surface area (Å²) in [5, 5.41) is 2.99. The van der Waals surface area contributed by atoms with Gasteiger partial charge in [-0.05, 0) is 50.5 Å². The maximum absolute atomic E-state index is 12.5. The van der Waals surface area contributed by atoms with Crippen molar-refractivity contribution in [2.75, 3.05) is 0 Å². The van der Waals surface area contributed by atoms with Gasteiger partial charge in [-0.25, -0.2) is 4.98 Å². The van der Waals surface area contributed by atoms with Crippen molar-refractivity contribution in [3.05, 3.63) is 71.8 Å². The van der Waals surface area contributed by atoms with Crippen molar-refractivity contribution in [1.29, 1.82) is 0 Å². The molecule has 0 aliphatic heterocycles. The van der Waals surface area contributed by atoms with E-state index in [1.807, 2.05) is 30.5 Å². The van der Waals surface area contributed by atoms with Gasteiger partial charge in [0.25, 0.3) is 5.91 Å². The van der Waals surface area contributed by atoms with Crippen molar-refractivity contribution < 1.29 is 4.79 Å². The number of benzene rings is 2. The second kappa shape index (κ2) is 7.56. The summed E-state index contributed by atoms with van der Waals surface area (Å²) in [5.74, 6) is -0.102. The Kier molecular flexibility index (Phi) is 5.21. The Balaban J connectivity index is 1.88. The summed E-state index contributed by atoms with van der Waals surface area (Å²) in [4.78, 5) is 16.6. The molecule has 134 valence electrons. The number of aryl methyl sites for hydroxylation is 2. The molecule has 0 bridgehead atoms. The molecule has 0 unspecified atom stereocenters. The van der Waals surface area contributed by atoms with E-state index in [4.69, 9.17) is 0 Å². The van der Waals surface area contributed by atoms with E-state index in [2.05, 4.69) is 54.5 Å². The van der Waals surface area contributed by atoms with Crippen LogP contribution in [0.15, 0.2) is 55.0 Å². The third kappa shape index (κ3) is 3.85. The minimum atomic E-state index is -0.102. The maximum Gasteiger partial charge on any atom is 0.270 e. The van der Waals surface area contributed by atoms with Gasteiger partial charge in [-0.3, -0.25) is 9.36 Å². The first-order chi connectivity index (χ1) is 12.5. The zero-order valence-corrected chi connectivity index (χ0v) is 15.8. The van der Waals surface area contributed by atoms with E-state index in [1.165, 1.54) is 16.7 Å². The minimum absolute atomic E-state index is 0.102. The number of imidazole rings is 1. The van der Waals surface area contributed by atoms with Gasteiger partial charge in [-0.15, -0.1) is 0 Å². The number of nitrogens with zero attached hydrogens (tertiary/aromatic N) is 2. The van der Waals surface area contributed by atoms with Crippen molar-refractivity contribution in [2.45, 2.75) is 40.2 Å². The van der Waals surface area contributed by atoms with Crippen LogP contribution in [0.2, 0.25) is 0 Å². The van der Waals surface area contributed by atoms with Crippen molar-refractivity contribution in [1.82, 2.24) is 14.9 Å². The quantitative estimate of drug-likeness (QED) is 0.728. The van der Waals surface area contributed by atoms with Crippen LogP contribution < -0.4 is 5.32 Å². The van der Waals surface area contributed by atoms with Crippen LogP contribution >= 0.6 is 0 Å². The number of hydrogen-bond acceptors (Lipinski definition) is 2. The predicted octanol–water partition coefficient (Wildman–Crippen LogP) is 4.68. The Morgan fingerprint density at radius 3 is 2.35 bits per heavy atom. The maximum atomic E-state index is 12.5. The molecule has 0 aliphatic rings. The van der Waals surface area contributed by atoms with Crippen LogP contribution in [0.25, 0.3) is 16.8 Å². The number of hydrogen-bond donors (Lipinski definition) is 1. The number of amides is 1. The molecule has 26 heavy (non-hydrogen) atoms. The Morgan fingerprint density at radius 1 is 1.08 bits per heavy atom. The summed E-state index contributed by atoms with van der Waals surface area (Å²) in [6.45, 7) is 8.27. The van der Waals surface area contributed by atoms with Gasteiger partial charge < -0.3 is 5.32 Å². The molecule has 1 amide bonds. The summed E-state index contributed by atoms with van der Waals surface area (Å²) in [6, 6.07) is 14.9.